The van der Waals surface area contributed by atoms with Crippen molar-refractivity contribution in [2.45, 2.75) is 24.3 Å². The number of aromatic nitrogens is 2. The van der Waals surface area contributed by atoms with Crippen LogP contribution in [-0.2, 0) is 16.4 Å². The van der Waals surface area contributed by atoms with E-state index in [1.807, 2.05) is 25.1 Å². The van der Waals surface area contributed by atoms with E-state index in [2.05, 4.69) is 4.98 Å². The lowest BCUT2D eigenvalue weighted by atomic mass is 9.93. The van der Waals surface area contributed by atoms with E-state index in [9.17, 15) is 18.3 Å². The summed E-state index contributed by atoms with van der Waals surface area (Å²) in [6, 6.07) is 16.9. The van der Waals surface area contributed by atoms with Crippen LogP contribution in [-0.4, -0.2) is 40.0 Å². The molecule has 1 amide bonds. The van der Waals surface area contributed by atoms with Gasteiger partial charge in [0, 0.05) is 18.9 Å². The first-order valence-corrected chi connectivity index (χ1v) is 11.9. The molecule has 0 spiro atoms. The lowest BCUT2D eigenvalue weighted by Crippen LogP contribution is -2.37. The van der Waals surface area contributed by atoms with Crippen LogP contribution in [0, 0.1) is 0 Å². The van der Waals surface area contributed by atoms with Crippen molar-refractivity contribution < 1.29 is 23.1 Å². The SMILES string of the molecule is C[C@H]1c2cc(Oc3ccnc4c3ccn4S(=O)(=O)c3ccccc3)ccc2CCN1C(=O)O. The predicted octanol–water partition coefficient (Wildman–Crippen LogP) is 4.66. The fraction of sp³-hybridized carbons (Fsp3) is 0.167. The van der Waals surface area contributed by atoms with E-state index in [4.69, 9.17) is 4.74 Å². The molecule has 4 aromatic rings. The van der Waals surface area contributed by atoms with E-state index in [0.717, 1.165) is 15.1 Å². The zero-order valence-corrected chi connectivity index (χ0v) is 18.6. The Morgan fingerprint density at radius 1 is 1.12 bits per heavy atom. The second-order valence-electron chi connectivity index (χ2n) is 7.84. The highest BCUT2D eigenvalue weighted by molar-refractivity contribution is 7.90. The molecule has 0 saturated heterocycles. The minimum absolute atomic E-state index is 0.169. The first-order valence-electron chi connectivity index (χ1n) is 10.4. The molecule has 1 aliphatic rings. The van der Waals surface area contributed by atoms with Gasteiger partial charge in [-0.3, -0.25) is 0 Å². The Balaban J connectivity index is 1.51. The van der Waals surface area contributed by atoms with E-state index in [0.29, 0.717) is 29.9 Å². The highest BCUT2D eigenvalue weighted by Gasteiger charge is 2.28. The molecule has 1 atom stereocenters. The fourth-order valence-electron chi connectivity index (χ4n) is 4.22. The third kappa shape index (κ3) is 3.60. The molecule has 0 fully saturated rings. The van der Waals surface area contributed by atoms with Crippen LogP contribution in [0.5, 0.6) is 11.5 Å². The quantitative estimate of drug-likeness (QED) is 0.472. The minimum atomic E-state index is -3.81. The highest BCUT2D eigenvalue weighted by atomic mass is 32.2. The average molecular weight is 464 g/mol. The van der Waals surface area contributed by atoms with Crippen LogP contribution >= 0.6 is 0 Å². The third-order valence-electron chi connectivity index (χ3n) is 5.94. The number of hydrogen-bond acceptors (Lipinski definition) is 5. The van der Waals surface area contributed by atoms with Crippen molar-refractivity contribution in [2.24, 2.45) is 0 Å². The molecule has 0 bridgehead atoms. The molecule has 168 valence electrons. The van der Waals surface area contributed by atoms with Gasteiger partial charge in [0.05, 0.1) is 16.3 Å². The highest BCUT2D eigenvalue weighted by Crippen LogP contribution is 2.35. The van der Waals surface area contributed by atoms with E-state index >= 15 is 0 Å². The number of amides is 1. The number of carbonyl (C=O) groups is 1. The molecule has 2 aromatic heterocycles. The number of benzene rings is 2. The van der Waals surface area contributed by atoms with Gasteiger partial charge in [-0.25, -0.2) is 22.2 Å². The summed E-state index contributed by atoms with van der Waals surface area (Å²) in [4.78, 5) is 17.4. The van der Waals surface area contributed by atoms with Crippen LogP contribution < -0.4 is 4.74 Å². The Hall–Kier alpha value is -3.85. The fourth-order valence-corrected chi connectivity index (χ4v) is 5.55. The Bertz CT molecular complexity index is 1460. The largest absolute Gasteiger partial charge is 0.465 e. The molecular formula is C24H21N3O5S. The van der Waals surface area contributed by atoms with Gasteiger partial charge in [0.15, 0.2) is 5.65 Å². The van der Waals surface area contributed by atoms with Gasteiger partial charge >= 0.3 is 6.09 Å². The Morgan fingerprint density at radius 2 is 1.91 bits per heavy atom. The van der Waals surface area contributed by atoms with E-state index in [1.165, 1.54) is 29.4 Å². The number of pyridine rings is 1. The maximum absolute atomic E-state index is 13.1. The van der Waals surface area contributed by atoms with Crippen LogP contribution in [0.2, 0.25) is 0 Å². The first-order chi connectivity index (χ1) is 15.9. The van der Waals surface area contributed by atoms with Gasteiger partial charge in [0.1, 0.15) is 11.5 Å². The van der Waals surface area contributed by atoms with Gasteiger partial charge in [-0.05, 0) is 60.9 Å². The maximum Gasteiger partial charge on any atom is 0.407 e. The van der Waals surface area contributed by atoms with Gasteiger partial charge in [0.2, 0.25) is 0 Å². The number of carboxylic acid groups (broad SMARTS) is 1. The predicted molar refractivity (Wildman–Crippen MR) is 122 cm³/mol. The molecule has 1 aliphatic heterocycles. The topological polar surface area (TPSA) is 102 Å². The number of fused-ring (bicyclic) bond motifs is 2. The van der Waals surface area contributed by atoms with Gasteiger partial charge < -0.3 is 14.7 Å². The Morgan fingerprint density at radius 3 is 2.67 bits per heavy atom. The van der Waals surface area contributed by atoms with Crippen molar-refractivity contribution in [3.05, 3.63) is 84.2 Å². The summed E-state index contributed by atoms with van der Waals surface area (Å²) in [7, 11) is -3.81. The molecule has 5 rings (SSSR count). The molecule has 1 N–H and O–H groups in total. The molecule has 8 nitrogen and oxygen atoms in total. The monoisotopic (exact) mass is 463 g/mol. The second kappa shape index (κ2) is 7.93. The molecular weight excluding hydrogens is 442 g/mol. The van der Waals surface area contributed by atoms with Gasteiger partial charge in [-0.15, -0.1) is 0 Å². The van der Waals surface area contributed by atoms with Crippen molar-refractivity contribution in [3.8, 4) is 11.5 Å². The normalized spacial score (nSPS) is 15.9. The number of hydrogen-bond donors (Lipinski definition) is 1. The summed E-state index contributed by atoms with van der Waals surface area (Å²) in [5, 5.41) is 9.99. The molecule has 3 heterocycles. The summed E-state index contributed by atoms with van der Waals surface area (Å²) in [5.74, 6) is 1.000. The summed E-state index contributed by atoms with van der Waals surface area (Å²) in [5.41, 5.74) is 2.25. The van der Waals surface area contributed by atoms with Crippen molar-refractivity contribution in [1.82, 2.24) is 13.9 Å². The minimum Gasteiger partial charge on any atom is -0.465 e. The summed E-state index contributed by atoms with van der Waals surface area (Å²) in [6.07, 6.45) is 2.66. The van der Waals surface area contributed by atoms with Crippen molar-refractivity contribution in [3.63, 3.8) is 0 Å². The maximum atomic E-state index is 13.1. The lowest BCUT2D eigenvalue weighted by molar-refractivity contribution is 0.124. The zero-order chi connectivity index (χ0) is 23.2. The number of nitrogens with zero attached hydrogens (tertiary/aromatic N) is 3. The van der Waals surface area contributed by atoms with Gasteiger partial charge in [-0.2, -0.15) is 0 Å². The Kier molecular flexibility index (Phi) is 5.05. The first kappa shape index (κ1) is 21.0. The summed E-state index contributed by atoms with van der Waals surface area (Å²) < 4.78 is 33.4. The van der Waals surface area contributed by atoms with Crippen LogP contribution in [0.1, 0.15) is 24.1 Å². The standard InChI is InChI=1S/C24H21N3O5S/c1-16-21-15-18(8-7-17(21)10-13-26(16)24(28)29)32-22-9-12-25-23-20(22)11-14-27(23)33(30,31)19-5-3-2-4-6-19/h2-9,11-12,14-16H,10,13H2,1H3,(H,28,29)/t16-/m0/s1. The van der Waals surface area contributed by atoms with Crippen molar-refractivity contribution in [2.75, 3.05) is 6.54 Å². The van der Waals surface area contributed by atoms with Crippen LogP contribution in [0.4, 0.5) is 4.79 Å². The van der Waals surface area contributed by atoms with Crippen LogP contribution in [0.3, 0.4) is 0 Å². The molecule has 2 aromatic carbocycles. The second-order valence-corrected chi connectivity index (χ2v) is 9.66. The molecule has 9 heteroatoms. The molecule has 0 aliphatic carbocycles. The Labute approximate surface area is 190 Å². The number of rotatable bonds is 4. The summed E-state index contributed by atoms with van der Waals surface area (Å²) in [6.45, 7) is 2.31. The van der Waals surface area contributed by atoms with E-state index in [1.54, 1.807) is 30.3 Å². The zero-order valence-electron chi connectivity index (χ0n) is 17.7. The van der Waals surface area contributed by atoms with Crippen LogP contribution in [0.15, 0.2) is 78.0 Å². The molecule has 33 heavy (non-hydrogen) atoms. The van der Waals surface area contributed by atoms with Gasteiger partial charge in [-0.1, -0.05) is 24.3 Å². The smallest absolute Gasteiger partial charge is 0.407 e. The lowest BCUT2D eigenvalue weighted by Gasteiger charge is -2.33. The molecule has 0 radical (unpaired) electrons. The summed E-state index contributed by atoms with van der Waals surface area (Å²) >= 11 is 0. The molecule has 0 saturated carbocycles. The number of ether oxygens (including phenoxy) is 1. The van der Waals surface area contributed by atoms with Crippen molar-refractivity contribution in [1.29, 1.82) is 0 Å². The van der Waals surface area contributed by atoms with Gasteiger partial charge in [0.25, 0.3) is 10.0 Å². The third-order valence-corrected chi connectivity index (χ3v) is 7.63. The molecule has 0 unspecified atom stereocenters. The average Bonchev–Trinajstić information content (AvgIpc) is 3.26. The van der Waals surface area contributed by atoms with E-state index < -0.39 is 16.1 Å². The van der Waals surface area contributed by atoms with Crippen LogP contribution in [0.25, 0.3) is 11.0 Å². The van der Waals surface area contributed by atoms with Crippen molar-refractivity contribution >= 4 is 27.1 Å². The van der Waals surface area contributed by atoms with E-state index in [-0.39, 0.29) is 16.6 Å².